The summed E-state index contributed by atoms with van der Waals surface area (Å²) in [5, 5.41) is 0.157. The van der Waals surface area contributed by atoms with E-state index in [-0.39, 0.29) is 29.0 Å². The molecule has 0 amide bonds. The number of halogens is 3. The van der Waals surface area contributed by atoms with Gasteiger partial charge in [0, 0.05) is 4.47 Å². The maximum Gasteiger partial charge on any atom is 0.347 e. The van der Waals surface area contributed by atoms with Crippen LogP contribution in [0.1, 0.15) is 13.8 Å². The summed E-state index contributed by atoms with van der Waals surface area (Å²) >= 11 is 9.12. The second-order valence-corrected chi connectivity index (χ2v) is 5.10. The van der Waals surface area contributed by atoms with E-state index in [0.717, 1.165) is 0 Å². The van der Waals surface area contributed by atoms with Crippen molar-refractivity contribution in [2.75, 3.05) is 18.3 Å². The van der Waals surface area contributed by atoms with Crippen LogP contribution in [0.25, 0.3) is 0 Å². The molecule has 0 spiro atoms. The standard InChI is InChI=1S/C14H14BrClFNO4/c1-3-21-13(19)9(14(20)22-4-2)8-18(17)11-7-5-6-10(15)12(11)16/h5-8H,3-4H2,1-2H3. The minimum absolute atomic E-state index is 0.0397. The summed E-state index contributed by atoms with van der Waals surface area (Å²) in [6.07, 6.45) is 0.684. The lowest BCUT2D eigenvalue weighted by molar-refractivity contribution is -0.146. The maximum atomic E-state index is 14.3. The van der Waals surface area contributed by atoms with Gasteiger partial charge in [-0.05, 0) is 41.9 Å². The van der Waals surface area contributed by atoms with Crippen molar-refractivity contribution < 1.29 is 23.5 Å². The highest BCUT2D eigenvalue weighted by molar-refractivity contribution is 9.10. The molecule has 1 rings (SSSR count). The molecule has 120 valence electrons. The summed E-state index contributed by atoms with van der Waals surface area (Å²) in [7, 11) is 0. The predicted molar refractivity (Wildman–Crippen MR) is 84.1 cm³/mol. The lowest BCUT2D eigenvalue weighted by Crippen LogP contribution is -2.21. The quantitative estimate of drug-likeness (QED) is 0.241. The normalized spacial score (nSPS) is 9.86. The number of rotatable bonds is 6. The predicted octanol–water partition coefficient (Wildman–Crippen LogP) is 3.80. The van der Waals surface area contributed by atoms with E-state index in [0.29, 0.717) is 10.7 Å². The van der Waals surface area contributed by atoms with E-state index < -0.39 is 17.5 Å². The molecular weight excluding hydrogens is 381 g/mol. The van der Waals surface area contributed by atoms with Gasteiger partial charge in [0.15, 0.2) is 5.57 Å². The Morgan fingerprint density at radius 1 is 1.27 bits per heavy atom. The molecule has 1 aromatic rings. The van der Waals surface area contributed by atoms with Crippen molar-refractivity contribution in [1.82, 2.24) is 0 Å². The smallest absolute Gasteiger partial charge is 0.347 e. The molecule has 0 aromatic heterocycles. The van der Waals surface area contributed by atoms with Gasteiger partial charge in [0.2, 0.25) is 0 Å². The Bertz CT molecular complexity index is 574. The van der Waals surface area contributed by atoms with E-state index in [9.17, 15) is 14.1 Å². The van der Waals surface area contributed by atoms with Gasteiger partial charge >= 0.3 is 11.9 Å². The van der Waals surface area contributed by atoms with Gasteiger partial charge in [-0.2, -0.15) is 5.12 Å². The zero-order valence-corrected chi connectivity index (χ0v) is 14.3. The summed E-state index contributed by atoms with van der Waals surface area (Å²) in [6.45, 7) is 3.22. The fourth-order valence-electron chi connectivity index (χ4n) is 1.45. The first kappa shape index (κ1) is 18.4. The van der Waals surface area contributed by atoms with Gasteiger partial charge in [-0.25, -0.2) is 9.59 Å². The van der Waals surface area contributed by atoms with Crippen LogP contribution in [0.2, 0.25) is 5.02 Å². The fraction of sp³-hybridized carbons (Fsp3) is 0.286. The van der Waals surface area contributed by atoms with Crippen LogP contribution in [-0.2, 0) is 19.1 Å². The SMILES string of the molecule is CCOC(=O)C(=CN(F)c1cccc(Br)c1Cl)C(=O)OCC. The van der Waals surface area contributed by atoms with Gasteiger partial charge in [-0.3, -0.25) is 0 Å². The third kappa shape index (κ3) is 4.71. The number of carbonyl (C=O) groups is 2. The first-order valence-electron chi connectivity index (χ1n) is 6.37. The number of hydrogen-bond donors (Lipinski definition) is 0. The molecule has 5 nitrogen and oxygen atoms in total. The van der Waals surface area contributed by atoms with Gasteiger partial charge in [-0.1, -0.05) is 22.1 Å². The molecule has 0 saturated carbocycles. The number of carbonyl (C=O) groups excluding carboxylic acids is 2. The summed E-state index contributed by atoms with van der Waals surface area (Å²) in [5.41, 5.74) is -0.607. The van der Waals surface area contributed by atoms with Crippen molar-refractivity contribution in [2.45, 2.75) is 13.8 Å². The van der Waals surface area contributed by atoms with Crippen molar-refractivity contribution >= 4 is 45.2 Å². The second kappa shape index (κ2) is 8.75. The monoisotopic (exact) mass is 393 g/mol. The van der Waals surface area contributed by atoms with Gasteiger partial charge < -0.3 is 9.47 Å². The minimum Gasteiger partial charge on any atom is -0.462 e. The first-order valence-corrected chi connectivity index (χ1v) is 7.54. The second-order valence-electron chi connectivity index (χ2n) is 3.87. The van der Waals surface area contributed by atoms with Crippen LogP contribution in [0.3, 0.4) is 0 Å². The lowest BCUT2D eigenvalue weighted by atomic mass is 10.2. The minimum atomic E-state index is -0.977. The van der Waals surface area contributed by atoms with Crippen LogP contribution in [-0.4, -0.2) is 25.2 Å². The molecule has 0 radical (unpaired) electrons. The van der Waals surface area contributed by atoms with Crippen LogP contribution in [0.4, 0.5) is 10.2 Å². The molecule has 0 atom stereocenters. The molecule has 0 aliphatic heterocycles. The summed E-state index contributed by atoms with van der Waals surface area (Å²) in [6, 6.07) is 4.57. The molecule has 0 bridgehead atoms. The van der Waals surface area contributed by atoms with E-state index in [2.05, 4.69) is 15.9 Å². The molecule has 1 aromatic carbocycles. The van der Waals surface area contributed by atoms with E-state index in [4.69, 9.17) is 21.1 Å². The number of nitrogens with zero attached hydrogens (tertiary/aromatic N) is 1. The summed E-state index contributed by atoms with van der Waals surface area (Å²) in [5.74, 6) is -1.95. The van der Waals surface area contributed by atoms with Crippen LogP contribution in [0.5, 0.6) is 0 Å². The fourth-order valence-corrected chi connectivity index (χ4v) is 2.01. The van der Waals surface area contributed by atoms with Crippen molar-refractivity contribution in [3.63, 3.8) is 0 Å². The van der Waals surface area contributed by atoms with E-state index in [1.165, 1.54) is 6.07 Å². The third-order valence-corrected chi connectivity index (χ3v) is 3.68. The maximum absolute atomic E-state index is 14.3. The topological polar surface area (TPSA) is 55.8 Å². The highest BCUT2D eigenvalue weighted by atomic mass is 79.9. The Labute approximate surface area is 140 Å². The molecule has 0 aliphatic rings. The van der Waals surface area contributed by atoms with E-state index in [1.807, 2.05) is 0 Å². The van der Waals surface area contributed by atoms with Crippen LogP contribution in [0.15, 0.2) is 34.4 Å². The number of ether oxygens (including phenoxy) is 2. The third-order valence-electron chi connectivity index (χ3n) is 2.39. The van der Waals surface area contributed by atoms with E-state index >= 15 is 0 Å². The van der Waals surface area contributed by atoms with Gasteiger partial charge in [-0.15, -0.1) is 0 Å². The molecular formula is C14H14BrClFNO4. The number of anilines is 1. The molecule has 0 saturated heterocycles. The molecule has 0 N–H and O–H groups in total. The first-order chi connectivity index (χ1) is 10.4. The highest BCUT2D eigenvalue weighted by Crippen LogP contribution is 2.33. The Morgan fingerprint density at radius 2 is 1.82 bits per heavy atom. The van der Waals surface area contributed by atoms with Crippen molar-refractivity contribution in [3.05, 3.63) is 39.5 Å². The molecule has 0 unspecified atom stereocenters. The van der Waals surface area contributed by atoms with Gasteiger partial charge in [0.25, 0.3) is 0 Å². The number of hydrogen-bond acceptors (Lipinski definition) is 5. The van der Waals surface area contributed by atoms with Crippen LogP contribution >= 0.6 is 27.5 Å². The van der Waals surface area contributed by atoms with E-state index in [1.54, 1.807) is 26.0 Å². The molecule has 0 fully saturated rings. The molecule has 22 heavy (non-hydrogen) atoms. The highest BCUT2D eigenvalue weighted by Gasteiger charge is 2.23. The average molecular weight is 395 g/mol. The average Bonchev–Trinajstić information content (AvgIpc) is 2.47. The van der Waals surface area contributed by atoms with Crippen LogP contribution < -0.4 is 5.12 Å². The van der Waals surface area contributed by atoms with Crippen LogP contribution in [0, 0.1) is 0 Å². The zero-order valence-electron chi connectivity index (χ0n) is 11.9. The van der Waals surface area contributed by atoms with Crippen molar-refractivity contribution in [2.24, 2.45) is 0 Å². The van der Waals surface area contributed by atoms with Gasteiger partial charge in [0.1, 0.15) is 0 Å². The summed E-state index contributed by atoms with van der Waals surface area (Å²) in [4.78, 5) is 23.5. The Hall–Kier alpha value is -1.60. The summed E-state index contributed by atoms with van der Waals surface area (Å²) < 4.78 is 24.2. The van der Waals surface area contributed by atoms with Crippen molar-refractivity contribution in [3.8, 4) is 0 Å². The lowest BCUT2D eigenvalue weighted by Gasteiger charge is -2.13. The Balaban J connectivity index is 3.16. The molecule has 0 heterocycles. The van der Waals surface area contributed by atoms with Crippen molar-refractivity contribution in [1.29, 1.82) is 0 Å². The number of esters is 2. The number of benzene rings is 1. The Morgan fingerprint density at radius 3 is 2.32 bits per heavy atom. The molecule has 0 aliphatic carbocycles. The van der Waals surface area contributed by atoms with Gasteiger partial charge in [0.05, 0.1) is 30.1 Å². The molecule has 8 heteroatoms. The largest absolute Gasteiger partial charge is 0.462 e. The zero-order chi connectivity index (χ0) is 16.7. The Kier molecular flexibility index (Phi) is 7.34.